The van der Waals surface area contributed by atoms with Gasteiger partial charge in [-0.25, -0.2) is 0 Å². The molecule has 0 fully saturated rings. The van der Waals surface area contributed by atoms with Crippen LogP contribution in [0.3, 0.4) is 0 Å². The van der Waals surface area contributed by atoms with Gasteiger partial charge in [-0.1, -0.05) is 34.1 Å². The van der Waals surface area contributed by atoms with E-state index in [0.717, 1.165) is 4.47 Å². The van der Waals surface area contributed by atoms with Crippen LogP contribution < -0.4 is 10.6 Å². The van der Waals surface area contributed by atoms with Crippen molar-refractivity contribution in [2.75, 3.05) is 5.32 Å². The van der Waals surface area contributed by atoms with Gasteiger partial charge >= 0.3 is 0 Å². The lowest BCUT2D eigenvalue weighted by molar-refractivity contribution is 0.0977. The van der Waals surface area contributed by atoms with Crippen molar-refractivity contribution in [2.24, 2.45) is 0 Å². The lowest BCUT2D eigenvalue weighted by Gasteiger charge is -2.10. The van der Waals surface area contributed by atoms with Crippen molar-refractivity contribution in [3.05, 3.63) is 64.1 Å². The molecule has 21 heavy (non-hydrogen) atoms. The van der Waals surface area contributed by atoms with Crippen LogP contribution in [0, 0.1) is 11.3 Å². The first-order valence-corrected chi connectivity index (χ1v) is 7.17. The van der Waals surface area contributed by atoms with Gasteiger partial charge in [0, 0.05) is 10.0 Å². The van der Waals surface area contributed by atoms with Crippen molar-refractivity contribution >= 4 is 44.9 Å². The van der Waals surface area contributed by atoms with E-state index in [4.69, 9.17) is 17.5 Å². The molecule has 0 saturated heterocycles. The van der Waals surface area contributed by atoms with Gasteiger partial charge in [0.2, 0.25) is 0 Å². The molecule has 0 heterocycles. The Balaban J connectivity index is 2.05. The molecule has 0 spiro atoms. The number of carbonyl (C=O) groups is 1. The third-order valence-electron chi connectivity index (χ3n) is 2.61. The molecule has 0 aliphatic heterocycles. The van der Waals surface area contributed by atoms with Crippen LogP contribution in [-0.4, -0.2) is 11.0 Å². The summed E-state index contributed by atoms with van der Waals surface area (Å²) in [6, 6.07) is 16.0. The van der Waals surface area contributed by atoms with E-state index in [9.17, 15) is 4.79 Å². The minimum absolute atomic E-state index is 0.141. The fraction of sp³-hybridized carbons (Fsp3) is 0. The highest BCUT2D eigenvalue weighted by atomic mass is 79.9. The molecule has 104 valence electrons. The highest BCUT2D eigenvalue weighted by Gasteiger charge is 2.09. The van der Waals surface area contributed by atoms with E-state index in [0.29, 0.717) is 16.8 Å². The maximum absolute atomic E-state index is 12.0. The van der Waals surface area contributed by atoms with Crippen molar-refractivity contribution in [3.8, 4) is 6.07 Å². The first-order chi connectivity index (χ1) is 10.1. The minimum atomic E-state index is -0.316. The van der Waals surface area contributed by atoms with Gasteiger partial charge in [-0.2, -0.15) is 5.26 Å². The summed E-state index contributed by atoms with van der Waals surface area (Å²) in [4.78, 5) is 12.0. The minimum Gasteiger partial charge on any atom is -0.331 e. The van der Waals surface area contributed by atoms with Gasteiger partial charge in [0.25, 0.3) is 5.91 Å². The number of nitrogens with zero attached hydrogens (tertiary/aromatic N) is 1. The number of nitriles is 1. The summed E-state index contributed by atoms with van der Waals surface area (Å²) >= 11 is 8.39. The van der Waals surface area contributed by atoms with Crippen molar-refractivity contribution in [1.29, 1.82) is 5.26 Å². The van der Waals surface area contributed by atoms with E-state index in [1.54, 1.807) is 42.5 Å². The maximum atomic E-state index is 12.0. The van der Waals surface area contributed by atoms with Crippen molar-refractivity contribution in [3.63, 3.8) is 0 Å². The molecule has 0 radical (unpaired) electrons. The van der Waals surface area contributed by atoms with E-state index >= 15 is 0 Å². The predicted octanol–water partition coefficient (Wildman–Crippen LogP) is 3.45. The van der Waals surface area contributed by atoms with Crippen molar-refractivity contribution < 1.29 is 4.79 Å². The number of benzene rings is 2. The Kier molecular flexibility index (Phi) is 5.04. The van der Waals surface area contributed by atoms with Crippen molar-refractivity contribution in [1.82, 2.24) is 5.32 Å². The number of halogens is 1. The molecule has 4 nitrogen and oxygen atoms in total. The molecule has 2 aromatic carbocycles. The number of hydrogen-bond donors (Lipinski definition) is 2. The maximum Gasteiger partial charge on any atom is 0.257 e. The number of thiocarbonyl (C=S) groups is 1. The molecule has 0 aliphatic carbocycles. The lowest BCUT2D eigenvalue weighted by atomic mass is 10.2. The SMILES string of the molecule is N#Cc1ccccc1NC(=S)NC(=O)c1cccc(Br)c1. The fourth-order valence-electron chi connectivity index (χ4n) is 1.65. The number of anilines is 1. The van der Waals surface area contributed by atoms with E-state index in [1.807, 2.05) is 6.07 Å². The van der Waals surface area contributed by atoms with Gasteiger partial charge in [-0.3, -0.25) is 10.1 Å². The molecule has 0 unspecified atom stereocenters. The van der Waals surface area contributed by atoms with Crippen LogP contribution in [0.1, 0.15) is 15.9 Å². The van der Waals surface area contributed by atoms with Crippen LogP contribution in [0.25, 0.3) is 0 Å². The zero-order valence-corrected chi connectivity index (χ0v) is 13.2. The monoisotopic (exact) mass is 359 g/mol. The van der Waals surface area contributed by atoms with E-state index in [1.165, 1.54) is 0 Å². The Morgan fingerprint density at radius 1 is 1.19 bits per heavy atom. The summed E-state index contributed by atoms with van der Waals surface area (Å²) in [6.07, 6.45) is 0. The fourth-order valence-corrected chi connectivity index (χ4v) is 2.25. The second-order valence-electron chi connectivity index (χ2n) is 4.08. The number of para-hydroxylation sites is 1. The average molecular weight is 360 g/mol. The van der Waals surface area contributed by atoms with Crippen LogP contribution in [0.4, 0.5) is 5.69 Å². The Labute approximate surface area is 135 Å². The summed E-state index contributed by atoms with van der Waals surface area (Å²) < 4.78 is 0.809. The standard InChI is InChI=1S/C15H10BrN3OS/c16-12-6-3-5-10(8-12)14(20)19-15(21)18-13-7-2-1-4-11(13)9-17/h1-8H,(H2,18,19,20,21). The first kappa shape index (κ1) is 15.2. The van der Waals surface area contributed by atoms with Gasteiger partial charge in [0.1, 0.15) is 6.07 Å². The van der Waals surface area contributed by atoms with Crippen LogP contribution in [0.5, 0.6) is 0 Å². The summed E-state index contributed by atoms with van der Waals surface area (Å²) in [7, 11) is 0. The van der Waals surface area contributed by atoms with E-state index in [-0.39, 0.29) is 11.0 Å². The summed E-state index contributed by atoms with van der Waals surface area (Å²) in [5.74, 6) is -0.316. The van der Waals surface area contributed by atoms with Crippen LogP contribution in [0.15, 0.2) is 53.0 Å². The second kappa shape index (κ2) is 6.97. The highest BCUT2D eigenvalue weighted by Crippen LogP contribution is 2.14. The average Bonchev–Trinajstić information content (AvgIpc) is 2.47. The number of carbonyl (C=O) groups excluding carboxylic acids is 1. The van der Waals surface area contributed by atoms with Gasteiger partial charge in [0.15, 0.2) is 5.11 Å². The smallest absolute Gasteiger partial charge is 0.257 e. The topological polar surface area (TPSA) is 64.9 Å². The molecular formula is C15H10BrN3OS. The number of nitrogens with one attached hydrogen (secondary N) is 2. The zero-order chi connectivity index (χ0) is 15.2. The Bertz CT molecular complexity index is 740. The lowest BCUT2D eigenvalue weighted by Crippen LogP contribution is -2.34. The third-order valence-corrected chi connectivity index (χ3v) is 3.31. The second-order valence-corrected chi connectivity index (χ2v) is 5.40. The molecule has 0 aliphatic rings. The predicted molar refractivity (Wildman–Crippen MR) is 89.0 cm³/mol. The molecule has 1 amide bonds. The molecule has 6 heteroatoms. The van der Waals surface area contributed by atoms with Gasteiger partial charge in [-0.05, 0) is 42.5 Å². The van der Waals surface area contributed by atoms with Gasteiger partial charge < -0.3 is 5.32 Å². The first-order valence-electron chi connectivity index (χ1n) is 5.97. The zero-order valence-electron chi connectivity index (χ0n) is 10.8. The van der Waals surface area contributed by atoms with Crippen LogP contribution >= 0.6 is 28.1 Å². The third kappa shape index (κ3) is 4.12. The van der Waals surface area contributed by atoms with Crippen LogP contribution in [-0.2, 0) is 0 Å². The Hall–Kier alpha value is -2.23. The number of hydrogen-bond acceptors (Lipinski definition) is 3. The highest BCUT2D eigenvalue weighted by molar-refractivity contribution is 9.10. The molecular weight excluding hydrogens is 350 g/mol. The normalized spacial score (nSPS) is 9.52. The van der Waals surface area contributed by atoms with Crippen molar-refractivity contribution in [2.45, 2.75) is 0 Å². The molecule has 0 bridgehead atoms. The molecule has 0 aromatic heterocycles. The summed E-state index contributed by atoms with van der Waals surface area (Å²) in [5.41, 5.74) is 1.50. The van der Waals surface area contributed by atoms with E-state index in [2.05, 4.69) is 32.6 Å². The Morgan fingerprint density at radius 2 is 1.95 bits per heavy atom. The van der Waals surface area contributed by atoms with Crippen LogP contribution in [0.2, 0.25) is 0 Å². The molecule has 0 saturated carbocycles. The Morgan fingerprint density at radius 3 is 2.67 bits per heavy atom. The quantitative estimate of drug-likeness (QED) is 0.806. The van der Waals surface area contributed by atoms with Gasteiger partial charge in [-0.15, -0.1) is 0 Å². The molecule has 0 atom stereocenters. The van der Waals surface area contributed by atoms with E-state index < -0.39 is 0 Å². The van der Waals surface area contributed by atoms with Gasteiger partial charge in [0.05, 0.1) is 11.3 Å². The molecule has 2 N–H and O–H groups in total. The molecule has 2 rings (SSSR count). The number of rotatable bonds is 2. The largest absolute Gasteiger partial charge is 0.331 e. The summed E-state index contributed by atoms with van der Waals surface area (Å²) in [6.45, 7) is 0. The number of amides is 1. The molecule has 2 aromatic rings. The summed E-state index contributed by atoms with van der Waals surface area (Å²) in [5, 5.41) is 14.6.